The van der Waals surface area contributed by atoms with Crippen LogP contribution in [-0.4, -0.2) is 19.3 Å². The molecule has 25 heavy (non-hydrogen) atoms. The van der Waals surface area contributed by atoms with Crippen LogP contribution in [-0.2, 0) is 6.54 Å². The molecule has 0 spiro atoms. The fourth-order valence-corrected chi connectivity index (χ4v) is 3.22. The van der Waals surface area contributed by atoms with E-state index in [4.69, 9.17) is 23.2 Å². The Morgan fingerprint density at radius 2 is 1.88 bits per heavy atom. The number of fused-ring (bicyclic) bond motifs is 1. The summed E-state index contributed by atoms with van der Waals surface area (Å²) in [6.07, 6.45) is 5.11. The van der Waals surface area contributed by atoms with Gasteiger partial charge in [0.2, 0.25) is 0 Å². The molecule has 0 fully saturated rings. The lowest BCUT2D eigenvalue weighted by Crippen LogP contribution is -2.21. The molecule has 0 saturated carbocycles. The number of nitrogens with zero attached hydrogens (tertiary/aromatic N) is 4. The van der Waals surface area contributed by atoms with Crippen LogP contribution in [0.25, 0.3) is 16.6 Å². The average Bonchev–Trinajstić information content (AvgIpc) is 3.13. The predicted molar refractivity (Wildman–Crippen MR) is 98.7 cm³/mol. The number of rotatable bonds is 3. The van der Waals surface area contributed by atoms with Crippen molar-refractivity contribution in [1.29, 1.82) is 0 Å². The summed E-state index contributed by atoms with van der Waals surface area (Å²) in [4.78, 5) is 17.0. The first kappa shape index (κ1) is 15.9. The minimum absolute atomic E-state index is 0.175. The third kappa shape index (κ3) is 3.04. The normalized spacial score (nSPS) is 11.1. The van der Waals surface area contributed by atoms with E-state index in [0.29, 0.717) is 27.5 Å². The maximum absolute atomic E-state index is 12.7. The molecule has 0 N–H and O–H groups in total. The van der Waals surface area contributed by atoms with Crippen LogP contribution in [0, 0.1) is 0 Å². The molecule has 4 aromatic rings. The van der Waals surface area contributed by atoms with Crippen molar-refractivity contribution >= 4 is 34.1 Å². The standard InChI is InChI=1S/C18H12Cl2N4O/c19-13-8-15-17(16(20)9-13)21-11-23(18(15)25)10-12-2-4-14(5-3-12)24-7-1-6-22-24/h1-9,11H,10H2. The van der Waals surface area contributed by atoms with Gasteiger partial charge in [-0.05, 0) is 35.9 Å². The highest BCUT2D eigenvalue weighted by molar-refractivity contribution is 6.38. The first-order chi connectivity index (χ1) is 12.1. The van der Waals surface area contributed by atoms with Crippen LogP contribution < -0.4 is 5.56 Å². The van der Waals surface area contributed by atoms with Crippen LogP contribution >= 0.6 is 23.2 Å². The highest BCUT2D eigenvalue weighted by Crippen LogP contribution is 2.24. The van der Waals surface area contributed by atoms with Crippen molar-refractivity contribution in [3.8, 4) is 5.69 Å². The molecule has 2 aromatic carbocycles. The van der Waals surface area contributed by atoms with Gasteiger partial charge < -0.3 is 0 Å². The predicted octanol–water partition coefficient (Wildman–Crippen LogP) is 3.94. The topological polar surface area (TPSA) is 52.7 Å². The minimum atomic E-state index is -0.175. The Hall–Kier alpha value is -2.63. The molecular formula is C18H12Cl2N4O. The smallest absolute Gasteiger partial charge is 0.261 e. The van der Waals surface area contributed by atoms with E-state index in [1.165, 1.54) is 10.9 Å². The molecule has 0 amide bonds. The highest BCUT2D eigenvalue weighted by atomic mass is 35.5. The third-order valence-corrected chi connectivity index (χ3v) is 4.41. The van der Waals surface area contributed by atoms with Gasteiger partial charge in [-0.2, -0.15) is 5.10 Å². The van der Waals surface area contributed by atoms with Gasteiger partial charge in [-0.3, -0.25) is 9.36 Å². The average molecular weight is 371 g/mol. The second kappa shape index (κ2) is 6.35. The van der Waals surface area contributed by atoms with E-state index < -0.39 is 0 Å². The van der Waals surface area contributed by atoms with E-state index in [2.05, 4.69) is 10.1 Å². The number of hydrogen-bond donors (Lipinski definition) is 0. The van der Waals surface area contributed by atoms with Gasteiger partial charge in [-0.15, -0.1) is 0 Å². The molecule has 7 heteroatoms. The molecule has 0 atom stereocenters. The fourth-order valence-electron chi connectivity index (χ4n) is 2.68. The van der Waals surface area contributed by atoms with Crippen molar-refractivity contribution < 1.29 is 0 Å². The molecule has 0 aliphatic carbocycles. The van der Waals surface area contributed by atoms with E-state index in [-0.39, 0.29) is 5.56 Å². The van der Waals surface area contributed by atoms with Crippen molar-refractivity contribution in [2.75, 3.05) is 0 Å². The van der Waals surface area contributed by atoms with Gasteiger partial charge in [0.05, 0.1) is 34.5 Å². The molecule has 4 rings (SSSR count). The zero-order valence-corrected chi connectivity index (χ0v) is 14.4. The summed E-state index contributed by atoms with van der Waals surface area (Å²) in [6.45, 7) is 0.408. The quantitative estimate of drug-likeness (QED) is 0.548. The van der Waals surface area contributed by atoms with Crippen LogP contribution in [0.2, 0.25) is 10.0 Å². The second-order valence-corrected chi connectivity index (χ2v) is 6.42. The zero-order chi connectivity index (χ0) is 17.4. The van der Waals surface area contributed by atoms with E-state index in [1.54, 1.807) is 23.0 Å². The van der Waals surface area contributed by atoms with Gasteiger partial charge in [0.25, 0.3) is 5.56 Å². The van der Waals surface area contributed by atoms with Crippen LogP contribution in [0.4, 0.5) is 0 Å². The van der Waals surface area contributed by atoms with Gasteiger partial charge in [-0.25, -0.2) is 9.67 Å². The summed E-state index contributed by atoms with van der Waals surface area (Å²) in [5.74, 6) is 0. The van der Waals surface area contributed by atoms with Crippen LogP contribution in [0.3, 0.4) is 0 Å². The lowest BCUT2D eigenvalue weighted by molar-refractivity contribution is 0.747. The Bertz CT molecular complexity index is 1100. The van der Waals surface area contributed by atoms with Crippen LogP contribution in [0.1, 0.15) is 5.56 Å². The fraction of sp³-hybridized carbons (Fsp3) is 0.0556. The van der Waals surface area contributed by atoms with E-state index >= 15 is 0 Å². The summed E-state index contributed by atoms with van der Waals surface area (Å²) < 4.78 is 3.31. The van der Waals surface area contributed by atoms with Crippen LogP contribution in [0.15, 0.2) is 66.0 Å². The lowest BCUT2D eigenvalue weighted by Gasteiger charge is -2.09. The number of benzene rings is 2. The maximum Gasteiger partial charge on any atom is 0.261 e. The van der Waals surface area contributed by atoms with Crippen molar-refractivity contribution in [3.63, 3.8) is 0 Å². The third-order valence-electron chi connectivity index (χ3n) is 3.90. The van der Waals surface area contributed by atoms with Crippen LogP contribution in [0.5, 0.6) is 0 Å². The first-order valence-corrected chi connectivity index (χ1v) is 8.30. The Balaban J connectivity index is 1.69. The van der Waals surface area contributed by atoms with Gasteiger partial charge in [-0.1, -0.05) is 35.3 Å². The van der Waals surface area contributed by atoms with Gasteiger partial charge in [0, 0.05) is 17.4 Å². The number of halogens is 2. The Kier molecular flexibility index (Phi) is 4.03. The molecule has 124 valence electrons. The number of hydrogen-bond acceptors (Lipinski definition) is 3. The maximum atomic E-state index is 12.7. The molecule has 0 aliphatic heterocycles. The van der Waals surface area contributed by atoms with Gasteiger partial charge >= 0.3 is 0 Å². The Morgan fingerprint density at radius 3 is 2.60 bits per heavy atom. The first-order valence-electron chi connectivity index (χ1n) is 7.55. The summed E-state index contributed by atoms with van der Waals surface area (Å²) in [5, 5.41) is 5.39. The molecule has 0 unspecified atom stereocenters. The van der Waals surface area contributed by atoms with E-state index in [1.807, 2.05) is 36.5 Å². The van der Waals surface area contributed by atoms with Crippen molar-refractivity contribution in [3.05, 3.63) is 87.1 Å². The summed E-state index contributed by atoms with van der Waals surface area (Å²) in [6, 6.07) is 12.9. The second-order valence-electron chi connectivity index (χ2n) is 5.58. The summed E-state index contributed by atoms with van der Waals surface area (Å²) in [5.41, 5.74) is 2.22. The molecule has 0 bridgehead atoms. The number of aromatic nitrogens is 4. The van der Waals surface area contributed by atoms with Gasteiger partial charge in [0.1, 0.15) is 0 Å². The van der Waals surface area contributed by atoms with E-state index in [9.17, 15) is 4.79 Å². The van der Waals surface area contributed by atoms with Crippen molar-refractivity contribution in [2.24, 2.45) is 0 Å². The molecule has 5 nitrogen and oxygen atoms in total. The van der Waals surface area contributed by atoms with E-state index in [0.717, 1.165) is 11.3 Å². The highest BCUT2D eigenvalue weighted by Gasteiger charge is 2.09. The molecule has 2 heterocycles. The minimum Gasteiger partial charge on any atom is -0.294 e. The lowest BCUT2D eigenvalue weighted by atomic mass is 10.2. The molecule has 2 aromatic heterocycles. The Morgan fingerprint density at radius 1 is 1.08 bits per heavy atom. The largest absolute Gasteiger partial charge is 0.294 e. The molecule has 0 saturated heterocycles. The van der Waals surface area contributed by atoms with Crippen molar-refractivity contribution in [1.82, 2.24) is 19.3 Å². The molecular weight excluding hydrogens is 359 g/mol. The van der Waals surface area contributed by atoms with Crippen molar-refractivity contribution in [2.45, 2.75) is 6.54 Å². The SMILES string of the molecule is O=c1c2cc(Cl)cc(Cl)c2ncn1Cc1ccc(-n2cccn2)cc1. The van der Waals surface area contributed by atoms with Gasteiger partial charge in [0.15, 0.2) is 0 Å². The Labute approximate surface area is 153 Å². The summed E-state index contributed by atoms with van der Waals surface area (Å²) in [7, 11) is 0. The summed E-state index contributed by atoms with van der Waals surface area (Å²) >= 11 is 12.1. The monoisotopic (exact) mass is 370 g/mol. The molecule has 0 aliphatic rings. The zero-order valence-electron chi connectivity index (χ0n) is 12.9. The molecule has 0 radical (unpaired) electrons.